The van der Waals surface area contributed by atoms with Crippen molar-refractivity contribution in [3.63, 3.8) is 0 Å². The van der Waals surface area contributed by atoms with Crippen molar-refractivity contribution >= 4 is 24.3 Å². The Morgan fingerprint density at radius 1 is 1.54 bits per heavy atom. The molecule has 1 saturated heterocycles. The molecule has 3 heterocycles. The Morgan fingerprint density at radius 3 is 2.92 bits per heavy atom. The first-order valence-corrected chi connectivity index (χ1v) is 10.8. The first-order valence-electron chi connectivity index (χ1n) is 7.76. The van der Waals surface area contributed by atoms with Crippen LogP contribution in [0.4, 0.5) is 4.39 Å². The summed E-state index contributed by atoms with van der Waals surface area (Å²) in [4.78, 5) is 22.7. The summed E-state index contributed by atoms with van der Waals surface area (Å²) in [5, 5.41) is 10.2. The van der Waals surface area contributed by atoms with Gasteiger partial charge in [-0.3, -0.25) is 9.36 Å². The summed E-state index contributed by atoms with van der Waals surface area (Å²) in [6.07, 6.45) is 2.31. The Bertz CT molecular complexity index is 858. The Labute approximate surface area is 138 Å². The predicted molar refractivity (Wildman–Crippen MR) is 93.1 cm³/mol. The molecule has 1 fully saturated rings. The molecule has 0 bridgehead atoms. The van der Waals surface area contributed by atoms with Crippen molar-refractivity contribution in [2.75, 3.05) is 19.5 Å². The number of nitrogens with zero attached hydrogens (tertiary/aromatic N) is 3. The molecule has 2 N–H and O–H groups in total. The molecule has 3 rings (SSSR count). The van der Waals surface area contributed by atoms with E-state index in [0.29, 0.717) is 12.2 Å². The van der Waals surface area contributed by atoms with Gasteiger partial charge in [0.2, 0.25) is 0 Å². The summed E-state index contributed by atoms with van der Waals surface area (Å²) >= 11 is 0. The molecule has 4 atom stereocenters. The third-order valence-corrected chi connectivity index (χ3v) is 5.61. The number of halogens is 1. The van der Waals surface area contributed by atoms with E-state index in [1.807, 2.05) is 0 Å². The summed E-state index contributed by atoms with van der Waals surface area (Å²) in [6, 6.07) is 0. The van der Waals surface area contributed by atoms with Crippen LogP contribution in [0.5, 0.6) is 0 Å². The third kappa shape index (κ3) is 3.18. The van der Waals surface area contributed by atoms with E-state index in [9.17, 15) is 14.3 Å². The molecular weight excluding hydrogens is 334 g/mol. The number of alkyl halides is 1. The number of aromatic amines is 1. The number of imidazole rings is 1. The Hall–Kier alpha value is -1.50. The number of nitrogens with one attached hydrogen (secondary N) is 1. The number of rotatable bonds is 4. The number of hydrogen-bond acceptors (Lipinski definition) is 5. The number of aryl methyl sites for hydroxylation is 1. The van der Waals surface area contributed by atoms with Gasteiger partial charge in [-0.25, -0.2) is 14.4 Å². The lowest BCUT2D eigenvalue weighted by molar-refractivity contribution is -0.0234. The second kappa shape index (κ2) is 6.10. The van der Waals surface area contributed by atoms with E-state index < -0.39 is 31.5 Å². The zero-order valence-corrected chi connectivity index (χ0v) is 14.8. The molecule has 1 aliphatic rings. The van der Waals surface area contributed by atoms with Crippen LogP contribution in [-0.4, -0.2) is 68.8 Å². The van der Waals surface area contributed by atoms with Gasteiger partial charge in [-0.2, -0.15) is 0 Å². The molecule has 2 aromatic heterocycles. The zero-order valence-electron chi connectivity index (χ0n) is 13.9. The highest BCUT2D eigenvalue weighted by Gasteiger charge is 2.45. The molecule has 7 nitrogen and oxygen atoms in total. The smallest absolute Gasteiger partial charge is 0.279 e. The van der Waals surface area contributed by atoms with E-state index in [1.54, 1.807) is 6.92 Å². The maximum absolute atomic E-state index is 14.6. The standard InChI is InChI=1S/C15H22FN4O3P/c1-8-18-13-11(14(22)19-8)17-7-20(13)15-10(16)12(21)9(23-15)5-6-24(2,3)4/h7,9-10,12,15,21H,2,5-6H2,1,3-4H3,(H,18,19,22)/t9-,10-,12-,15-/m1/s1. The SMILES string of the molecule is C=P(C)(C)CC[C@H]1O[C@@H](n2cnc3c(=O)[nH]c(C)nc32)[C@H](F)[C@@H]1O. The lowest BCUT2D eigenvalue weighted by atomic mass is 10.1. The van der Waals surface area contributed by atoms with E-state index >= 15 is 0 Å². The maximum atomic E-state index is 14.6. The lowest BCUT2D eigenvalue weighted by Gasteiger charge is -2.18. The molecule has 9 heteroatoms. The highest BCUT2D eigenvalue weighted by atomic mass is 31.2. The number of H-pyrrole nitrogens is 1. The van der Waals surface area contributed by atoms with Gasteiger partial charge in [-0.1, -0.05) is 0 Å². The number of aliphatic hydroxyl groups excluding tert-OH is 1. The normalized spacial score (nSPS) is 27.9. The molecule has 0 aromatic carbocycles. The fourth-order valence-corrected chi connectivity index (χ4v) is 3.82. The fraction of sp³-hybridized carbons (Fsp3) is 0.600. The summed E-state index contributed by atoms with van der Waals surface area (Å²) in [6.45, 7) is 4.52. The number of aromatic nitrogens is 4. The second-order valence-electron chi connectivity index (χ2n) is 6.92. The molecule has 0 amide bonds. The average molecular weight is 356 g/mol. The monoisotopic (exact) mass is 356 g/mol. The van der Waals surface area contributed by atoms with Crippen molar-refractivity contribution in [2.24, 2.45) is 0 Å². The van der Waals surface area contributed by atoms with Crippen LogP contribution < -0.4 is 5.56 Å². The van der Waals surface area contributed by atoms with Gasteiger partial charge >= 0.3 is 0 Å². The van der Waals surface area contributed by atoms with Crippen LogP contribution in [0.3, 0.4) is 0 Å². The van der Waals surface area contributed by atoms with Crippen LogP contribution in [-0.2, 0) is 4.74 Å². The molecule has 0 spiro atoms. The van der Waals surface area contributed by atoms with Gasteiger partial charge in [-0.05, 0) is 32.8 Å². The van der Waals surface area contributed by atoms with E-state index in [1.165, 1.54) is 10.9 Å². The van der Waals surface area contributed by atoms with Gasteiger partial charge < -0.3 is 14.8 Å². The van der Waals surface area contributed by atoms with Gasteiger partial charge in [0.1, 0.15) is 11.9 Å². The topological polar surface area (TPSA) is 93.0 Å². The molecule has 2 aromatic rings. The van der Waals surface area contributed by atoms with Crippen LogP contribution >= 0.6 is 6.89 Å². The van der Waals surface area contributed by atoms with Crippen molar-refractivity contribution < 1.29 is 14.2 Å². The van der Waals surface area contributed by atoms with Gasteiger partial charge in [-0.15, -0.1) is 13.2 Å². The van der Waals surface area contributed by atoms with Crippen molar-refractivity contribution in [2.45, 2.75) is 38.0 Å². The Kier molecular flexibility index (Phi) is 4.40. The van der Waals surface area contributed by atoms with Crippen LogP contribution in [0.2, 0.25) is 0 Å². The Balaban J connectivity index is 1.90. The molecule has 132 valence electrons. The van der Waals surface area contributed by atoms with E-state index in [4.69, 9.17) is 4.74 Å². The minimum atomic E-state index is -1.61. The first kappa shape index (κ1) is 17.3. The zero-order chi connectivity index (χ0) is 17.6. The van der Waals surface area contributed by atoms with E-state index in [2.05, 4.69) is 34.6 Å². The fourth-order valence-electron chi connectivity index (χ4n) is 2.86. The van der Waals surface area contributed by atoms with Crippen LogP contribution in [0.25, 0.3) is 11.2 Å². The summed E-state index contributed by atoms with van der Waals surface area (Å²) in [5.74, 6) is 0.406. The quantitative estimate of drug-likeness (QED) is 0.801. The van der Waals surface area contributed by atoms with Crippen LogP contribution in [0.1, 0.15) is 18.5 Å². The number of ether oxygens (including phenoxy) is 1. The van der Waals surface area contributed by atoms with Gasteiger partial charge in [0.05, 0.1) is 12.4 Å². The van der Waals surface area contributed by atoms with Gasteiger partial charge in [0.15, 0.2) is 23.6 Å². The lowest BCUT2D eigenvalue weighted by Crippen LogP contribution is -2.29. The molecule has 24 heavy (non-hydrogen) atoms. The van der Waals surface area contributed by atoms with Crippen LogP contribution in [0.15, 0.2) is 11.1 Å². The largest absolute Gasteiger partial charge is 0.387 e. The molecule has 0 radical (unpaired) electrons. The number of aliphatic hydroxyl groups is 1. The maximum Gasteiger partial charge on any atom is 0.279 e. The van der Waals surface area contributed by atoms with Gasteiger partial charge in [0, 0.05) is 0 Å². The van der Waals surface area contributed by atoms with Crippen molar-refractivity contribution in [1.82, 2.24) is 19.5 Å². The molecule has 1 aliphatic heterocycles. The van der Waals surface area contributed by atoms with Gasteiger partial charge in [0.25, 0.3) is 5.56 Å². The number of fused-ring (bicyclic) bond motifs is 1. The minimum absolute atomic E-state index is 0.124. The molecule has 0 aliphatic carbocycles. The van der Waals surface area contributed by atoms with Crippen molar-refractivity contribution in [3.8, 4) is 0 Å². The average Bonchev–Trinajstić information content (AvgIpc) is 3.00. The minimum Gasteiger partial charge on any atom is -0.387 e. The van der Waals surface area contributed by atoms with E-state index in [0.717, 1.165) is 6.16 Å². The summed E-state index contributed by atoms with van der Waals surface area (Å²) in [5.41, 5.74) is -0.00810. The molecular formula is C15H22FN4O3P. The second-order valence-corrected chi connectivity index (χ2v) is 11.2. The summed E-state index contributed by atoms with van der Waals surface area (Å²) in [7, 11) is 0. The third-order valence-electron chi connectivity index (χ3n) is 4.14. The van der Waals surface area contributed by atoms with Crippen LogP contribution in [0, 0.1) is 6.92 Å². The van der Waals surface area contributed by atoms with E-state index in [-0.39, 0.29) is 16.7 Å². The highest BCUT2D eigenvalue weighted by Crippen LogP contribution is 2.40. The Morgan fingerprint density at radius 2 is 2.25 bits per heavy atom. The first-order chi connectivity index (χ1) is 11.2. The highest BCUT2D eigenvalue weighted by molar-refractivity contribution is 7.72. The number of hydrogen-bond donors (Lipinski definition) is 2. The molecule has 0 saturated carbocycles. The molecule has 0 unspecified atom stereocenters. The predicted octanol–water partition coefficient (Wildman–Crippen LogP) is 1.12. The van der Waals surface area contributed by atoms with Crippen molar-refractivity contribution in [3.05, 3.63) is 22.5 Å². The van der Waals surface area contributed by atoms with Crippen molar-refractivity contribution in [1.29, 1.82) is 0 Å². The summed E-state index contributed by atoms with van der Waals surface area (Å²) < 4.78 is 21.7.